The van der Waals surface area contributed by atoms with Crippen LogP contribution in [0.3, 0.4) is 0 Å². The summed E-state index contributed by atoms with van der Waals surface area (Å²) in [6.45, 7) is 4.50. The van der Waals surface area contributed by atoms with E-state index in [0.29, 0.717) is 28.5 Å². The molecule has 0 saturated heterocycles. The van der Waals surface area contributed by atoms with E-state index >= 15 is 0 Å². The van der Waals surface area contributed by atoms with Crippen LogP contribution in [0.2, 0.25) is 0 Å². The van der Waals surface area contributed by atoms with Crippen LogP contribution < -0.4 is 0 Å². The lowest BCUT2D eigenvalue weighted by molar-refractivity contribution is 0.0488. The number of aromatic nitrogens is 3. The lowest BCUT2D eigenvalue weighted by Gasteiger charge is -1.97. The fourth-order valence-electron chi connectivity index (χ4n) is 2.12. The highest BCUT2D eigenvalue weighted by molar-refractivity contribution is 6.07. The zero-order chi connectivity index (χ0) is 14.3. The van der Waals surface area contributed by atoms with E-state index < -0.39 is 5.97 Å². The fourth-order valence-corrected chi connectivity index (χ4v) is 2.12. The monoisotopic (exact) mass is 275 g/mol. The third-order valence-electron chi connectivity index (χ3n) is 3.05. The zero-order valence-electron chi connectivity index (χ0n) is 11.1. The minimum absolute atomic E-state index is 0.205. The van der Waals surface area contributed by atoms with Crippen molar-refractivity contribution in [1.29, 1.82) is 0 Å². The van der Waals surface area contributed by atoms with Gasteiger partial charge in [-0.2, -0.15) is 5.10 Å². The highest BCUT2D eigenvalue weighted by Crippen LogP contribution is 2.35. The van der Waals surface area contributed by atoms with Crippen LogP contribution in [0.25, 0.3) is 22.0 Å². The average molecular weight is 275 g/mol. The number of fused-ring (bicyclic) bond motifs is 3. The molecule has 3 rings (SSSR count). The van der Waals surface area contributed by atoms with Crippen LogP contribution in [0.5, 0.6) is 5.75 Å². The number of aromatic hydroxyl groups is 1. The number of nitrogens with zero attached hydrogens (tertiary/aromatic N) is 3. The summed E-state index contributed by atoms with van der Waals surface area (Å²) in [4.78, 5) is 16.0. The van der Waals surface area contributed by atoms with Gasteiger partial charge in [0.2, 0.25) is 0 Å². The van der Waals surface area contributed by atoms with Gasteiger partial charge in [0.1, 0.15) is 0 Å². The quantitative estimate of drug-likeness (QED) is 0.736. The van der Waals surface area contributed by atoms with Crippen molar-refractivity contribution in [2.75, 3.05) is 6.61 Å². The lowest BCUT2D eigenvalue weighted by Crippen LogP contribution is -2.02. The van der Waals surface area contributed by atoms with E-state index in [1.807, 2.05) is 6.92 Å². The molecule has 0 aliphatic rings. The number of pyridine rings is 1. The van der Waals surface area contributed by atoms with Crippen LogP contribution in [0, 0.1) is 0 Å². The maximum Gasteiger partial charge on any atom is 0.378 e. The molecule has 3 aromatic rings. The Kier molecular flexibility index (Phi) is 2.81. The van der Waals surface area contributed by atoms with Crippen LogP contribution in [-0.2, 0) is 11.3 Å². The van der Waals surface area contributed by atoms with Crippen molar-refractivity contribution in [2.45, 2.75) is 20.4 Å². The van der Waals surface area contributed by atoms with Gasteiger partial charge in [-0.25, -0.2) is 14.5 Å². The van der Waals surface area contributed by atoms with Crippen molar-refractivity contribution in [1.82, 2.24) is 14.8 Å². The normalized spacial score (nSPS) is 11.3. The van der Waals surface area contributed by atoms with Gasteiger partial charge in [0.05, 0.1) is 23.6 Å². The number of esters is 1. The second-order valence-electron chi connectivity index (χ2n) is 4.20. The first-order chi connectivity index (χ1) is 9.67. The van der Waals surface area contributed by atoms with Crippen molar-refractivity contribution in [3.05, 3.63) is 18.2 Å². The van der Waals surface area contributed by atoms with Gasteiger partial charge in [-0.15, -0.1) is 0 Å². The molecule has 7 nitrogen and oxygen atoms in total. The Morgan fingerprint density at radius 1 is 1.40 bits per heavy atom. The van der Waals surface area contributed by atoms with Crippen molar-refractivity contribution >= 4 is 28.0 Å². The summed E-state index contributed by atoms with van der Waals surface area (Å²) >= 11 is 0. The Labute approximate surface area is 113 Å². The molecule has 0 unspecified atom stereocenters. The number of rotatable bonds is 3. The molecule has 0 aliphatic carbocycles. The average Bonchev–Trinajstić information content (AvgIpc) is 3.00. The highest BCUT2D eigenvalue weighted by atomic mass is 16.5. The second kappa shape index (κ2) is 4.52. The predicted octanol–water partition coefficient (Wildman–Crippen LogP) is 2.08. The first-order valence-corrected chi connectivity index (χ1v) is 6.30. The molecule has 1 N–H and O–H groups in total. The second-order valence-corrected chi connectivity index (χ2v) is 4.20. The smallest absolute Gasteiger partial charge is 0.378 e. The summed E-state index contributed by atoms with van der Waals surface area (Å²) in [7, 11) is 0. The molecule has 3 aromatic heterocycles. The van der Waals surface area contributed by atoms with Crippen molar-refractivity contribution in [2.24, 2.45) is 0 Å². The van der Waals surface area contributed by atoms with Crippen LogP contribution in [0.1, 0.15) is 24.4 Å². The van der Waals surface area contributed by atoms with Crippen LogP contribution in [0.15, 0.2) is 16.8 Å². The number of furan rings is 1. The molecule has 0 spiro atoms. The number of ether oxygens (including phenoxy) is 1. The molecule has 0 amide bonds. The molecular formula is C13H13N3O4. The van der Waals surface area contributed by atoms with Gasteiger partial charge in [0.15, 0.2) is 17.0 Å². The van der Waals surface area contributed by atoms with Crippen molar-refractivity contribution in [3.63, 3.8) is 0 Å². The topological polar surface area (TPSA) is 90.4 Å². The number of carbonyl (C=O) groups is 1. The van der Waals surface area contributed by atoms with Crippen LogP contribution >= 0.6 is 0 Å². The predicted molar refractivity (Wildman–Crippen MR) is 70.6 cm³/mol. The molecule has 0 bridgehead atoms. The third kappa shape index (κ3) is 1.63. The molecule has 0 fully saturated rings. The third-order valence-corrected chi connectivity index (χ3v) is 3.05. The summed E-state index contributed by atoms with van der Waals surface area (Å²) in [5.74, 6) is -1.16. The van der Waals surface area contributed by atoms with Gasteiger partial charge in [0, 0.05) is 12.7 Å². The van der Waals surface area contributed by atoms with E-state index in [-0.39, 0.29) is 18.1 Å². The van der Waals surface area contributed by atoms with Gasteiger partial charge < -0.3 is 14.3 Å². The Morgan fingerprint density at radius 2 is 2.20 bits per heavy atom. The summed E-state index contributed by atoms with van der Waals surface area (Å²) in [5, 5.41) is 15.2. The minimum Gasteiger partial charge on any atom is -0.504 e. The van der Waals surface area contributed by atoms with Crippen molar-refractivity contribution in [3.8, 4) is 5.75 Å². The molecule has 0 saturated carbocycles. The Morgan fingerprint density at radius 3 is 2.90 bits per heavy atom. The first kappa shape index (κ1) is 12.5. The van der Waals surface area contributed by atoms with Crippen molar-refractivity contribution < 1.29 is 19.1 Å². The summed E-state index contributed by atoms with van der Waals surface area (Å²) in [5.41, 5.74) is 1.03. The van der Waals surface area contributed by atoms with Gasteiger partial charge in [-0.05, 0) is 13.8 Å². The van der Waals surface area contributed by atoms with E-state index in [0.717, 1.165) is 0 Å². The molecule has 3 heterocycles. The largest absolute Gasteiger partial charge is 0.504 e. The van der Waals surface area contributed by atoms with Gasteiger partial charge >= 0.3 is 5.97 Å². The molecule has 0 radical (unpaired) electrons. The molecule has 0 atom stereocenters. The highest BCUT2D eigenvalue weighted by Gasteiger charge is 2.23. The zero-order valence-corrected chi connectivity index (χ0v) is 11.1. The SMILES string of the molecule is CCOC(=O)c1oc2c(cnc3c2cnn3CC)c1O. The maximum atomic E-state index is 11.7. The molecule has 20 heavy (non-hydrogen) atoms. The standard InChI is InChI=1S/C13H13N3O4/c1-3-16-12-8(6-15-16)10-7(5-14-12)9(17)11(20-10)13(18)19-4-2/h5-6,17H,3-4H2,1-2H3. The van der Waals surface area contributed by atoms with E-state index in [1.54, 1.807) is 17.8 Å². The summed E-state index contributed by atoms with van der Waals surface area (Å²) in [6, 6.07) is 0. The van der Waals surface area contributed by atoms with Gasteiger partial charge in [-0.3, -0.25) is 0 Å². The summed E-state index contributed by atoms with van der Waals surface area (Å²) in [6.07, 6.45) is 3.07. The van der Waals surface area contributed by atoms with Gasteiger partial charge in [0.25, 0.3) is 5.76 Å². The van der Waals surface area contributed by atoms with E-state index in [4.69, 9.17) is 9.15 Å². The fraction of sp³-hybridized carbons (Fsp3) is 0.308. The molecule has 104 valence electrons. The number of carbonyl (C=O) groups excluding carboxylic acids is 1. The molecule has 0 aromatic carbocycles. The number of hydrogen-bond acceptors (Lipinski definition) is 6. The summed E-state index contributed by atoms with van der Waals surface area (Å²) < 4.78 is 12.0. The Balaban J connectivity index is 2.27. The Hall–Kier alpha value is -2.57. The minimum atomic E-state index is -0.697. The Bertz CT molecular complexity index is 803. The first-order valence-electron chi connectivity index (χ1n) is 6.30. The molecular weight excluding hydrogens is 262 g/mol. The molecule has 0 aliphatic heterocycles. The number of hydrogen-bond donors (Lipinski definition) is 1. The van der Waals surface area contributed by atoms with E-state index in [2.05, 4.69) is 10.1 Å². The van der Waals surface area contributed by atoms with Gasteiger partial charge in [-0.1, -0.05) is 0 Å². The van der Waals surface area contributed by atoms with E-state index in [9.17, 15) is 9.90 Å². The van der Waals surface area contributed by atoms with E-state index in [1.165, 1.54) is 6.20 Å². The lowest BCUT2D eigenvalue weighted by atomic mass is 10.2. The van der Waals surface area contributed by atoms with Crippen LogP contribution in [-0.4, -0.2) is 32.4 Å². The van der Waals surface area contributed by atoms with Crippen LogP contribution in [0.4, 0.5) is 0 Å². The maximum absolute atomic E-state index is 11.7. The number of aryl methyl sites for hydroxylation is 1. The molecule has 7 heteroatoms.